The van der Waals surface area contributed by atoms with E-state index in [2.05, 4.69) is 40.8 Å². The van der Waals surface area contributed by atoms with Crippen LogP contribution in [0.1, 0.15) is 10.7 Å². The Morgan fingerprint density at radius 2 is 2.05 bits per heavy atom. The van der Waals surface area contributed by atoms with Crippen molar-refractivity contribution in [2.45, 2.75) is 13.5 Å². The molecule has 3 aromatic rings. The lowest BCUT2D eigenvalue weighted by Gasteiger charge is -2.34. The van der Waals surface area contributed by atoms with Crippen LogP contribution < -0.4 is 4.90 Å². The Morgan fingerprint density at radius 3 is 2.82 bits per heavy atom. The molecule has 1 fully saturated rings. The topological polar surface area (TPSA) is 75.3 Å². The molecule has 4 heterocycles. The second-order valence-electron chi connectivity index (χ2n) is 5.34. The van der Waals surface area contributed by atoms with Crippen LogP contribution in [0.2, 0.25) is 0 Å². The van der Waals surface area contributed by atoms with Crippen LogP contribution in [0.4, 0.5) is 5.82 Å². The molecule has 4 rings (SSSR count). The van der Waals surface area contributed by atoms with E-state index in [1.54, 1.807) is 11.3 Å². The summed E-state index contributed by atoms with van der Waals surface area (Å²) in [4.78, 5) is 9.23. The van der Waals surface area contributed by atoms with E-state index >= 15 is 0 Å². The number of hydrogen-bond acceptors (Lipinski definition) is 8. The van der Waals surface area contributed by atoms with Crippen molar-refractivity contribution in [3.8, 4) is 0 Å². The molecule has 0 amide bonds. The molecule has 0 saturated carbocycles. The summed E-state index contributed by atoms with van der Waals surface area (Å²) in [5, 5.41) is 19.1. The average molecular weight is 316 g/mol. The average Bonchev–Trinajstić information content (AvgIpc) is 3.16. The van der Waals surface area contributed by atoms with Crippen molar-refractivity contribution in [1.29, 1.82) is 0 Å². The Morgan fingerprint density at radius 1 is 1.18 bits per heavy atom. The quantitative estimate of drug-likeness (QED) is 0.700. The number of hydrogen-bond donors (Lipinski definition) is 0. The summed E-state index contributed by atoms with van der Waals surface area (Å²) >= 11 is 1.71. The lowest BCUT2D eigenvalue weighted by molar-refractivity contribution is 0.246. The Labute approximate surface area is 131 Å². The predicted octanol–water partition coefficient (Wildman–Crippen LogP) is 0.606. The lowest BCUT2D eigenvalue weighted by atomic mass is 10.3. The number of piperazine rings is 1. The molecular weight excluding hydrogens is 300 g/mol. The third-order valence-corrected chi connectivity index (χ3v) is 4.63. The van der Waals surface area contributed by atoms with E-state index in [-0.39, 0.29) is 0 Å². The number of tetrazole rings is 1. The molecule has 22 heavy (non-hydrogen) atoms. The van der Waals surface area contributed by atoms with Crippen molar-refractivity contribution in [3.63, 3.8) is 0 Å². The zero-order valence-electron chi connectivity index (χ0n) is 12.3. The van der Waals surface area contributed by atoms with E-state index in [1.165, 1.54) is 10.3 Å². The SMILES string of the molecule is Cc1nc(CN2CCN(c3ccc4nnnn4n3)CC2)cs1. The Balaban J connectivity index is 1.40. The van der Waals surface area contributed by atoms with Gasteiger partial charge < -0.3 is 4.90 Å². The van der Waals surface area contributed by atoms with Crippen LogP contribution in [0.5, 0.6) is 0 Å². The third-order valence-electron chi connectivity index (χ3n) is 3.80. The van der Waals surface area contributed by atoms with Crippen LogP contribution in [-0.4, -0.2) is 61.3 Å². The van der Waals surface area contributed by atoms with Gasteiger partial charge in [0.1, 0.15) is 0 Å². The van der Waals surface area contributed by atoms with E-state index in [0.29, 0.717) is 5.65 Å². The first kappa shape index (κ1) is 13.5. The molecule has 1 aliphatic rings. The van der Waals surface area contributed by atoms with Gasteiger partial charge in [0.15, 0.2) is 11.5 Å². The van der Waals surface area contributed by atoms with Gasteiger partial charge in [0.2, 0.25) is 0 Å². The molecule has 0 atom stereocenters. The molecule has 0 bridgehead atoms. The van der Waals surface area contributed by atoms with Gasteiger partial charge in [-0.05, 0) is 29.5 Å². The third kappa shape index (κ3) is 2.64. The smallest absolute Gasteiger partial charge is 0.200 e. The van der Waals surface area contributed by atoms with Gasteiger partial charge >= 0.3 is 0 Å². The number of nitrogens with zero attached hydrogens (tertiary/aromatic N) is 8. The van der Waals surface area contributed by atoms with Crippen LogP contribution >= 0.6 is 11.3 Å². The van der Waals surface area contributed by atoms with Crippen LogP contribution in [0.25, 0.3) is 5.65 Å². The number of fused-ring (bicyclic) bond motifs is 1. The summed E-state index contributed by atoms with van der Waals surface area (Å²) in [7, 11) is 0. The minimum Gasteiger partial charge on any atom is -0.353 e. The van der Waals surface area contributed by atoms with Crippen molar-refractivity contribution in [3.05, 3.63) is 28.2 Å². The van der Waals surface area contributed by atoms with E-state index < -0.39 is 0 Å². The van der Waals surface area contributed by atoms with Crippen LogP contribution in [0, 0.1) is 6.92 Å². The van der Waals surface area contributed by atoms with E-state index in [0.717, 1.165) is 43.5 Å². The van der Waals surface area contributed by atoms with Crippen molar-refractivity contribution in [2.24, 2.45) is 0 Å². The molecule has 8 nitrogen and oxygen atoms in total. The summed E-state index contributed by atoms with van der Waals surface area (Å²) in [6, 6.07) is 3.87. The number of anilines is 1. The van der Waals surface area contributed by atoms with Crippen LogP contribution in [0.15, 0.2) is 17.5 Å². The maximum atomic E-state index is 4.54. The zero-order chi connectivity index (χ0) is 14.9. The summed E-state index contributed by atoms with van der Waals surface area (Å²) in [6.45, 7) is 6.88. The normalized spacial score (nSPS) is 16.5. The fourth-order valence-corrected chi connectivity index (χ4v) is 3.26. The standard InChI is InChI=1S/C13H16N8S/c1-10-14-11(9-22-10)8-19-4-6-20(7-5-19)13-3-2-12-15-17-18-21(12)16-13/h2-3,9H,4-8H2,1H3. The molecule has 0 aliphatic carbocycles. The Kier molecular flexibility index (Phi) is 3.43. The maximum Gasteiger partial charge on any atom is 0.200 e. The van der Waals surface area contributed by atoms with Gasteiger partial charge in [-0.1, -0.05) is 0 Å². The Hall–Kier alpha value is -2.13. The molecule has 0 aromatic carbocycles. The molecule has 0 spiro atoms. The van der Waals surface area contributed by atoms with Gasteiger partial charge in [-0.3, -0.25) is 4.90 Å². The van der Waals surface area contributed by atoms with Crippen molar-refractivity contribution < 1.29 is 0 Å². The molecule has 0 N–H and O–H groups in total. The van der Waals surface area contributed by atoms with Crippen molar-refractivity contribution in [2.75, 3.05) is 31.1 Å². The highest BCUT2D eigenvalue weighted by molar-refractivity contribution is 7.09. The summed E-state index contributed by atoms with van der Waals surface area (Å²) in [5.41, 5.74) is 1.84. The van der Waals surface area contributed by atoms with E-state index in [1.807, 2.05) is 19.1 Å². The number of aryl methyl sites for hydroxylation is 1. The number of thiazole rings is 1. The fourth-order valence-electron chi connectivity index (χ4n) is 2.65. The van der Waals surface area contributed by atoms with Gasteiger partial charge in [-0.2, -0.15) is 0 Å². The molecule has 114 valence electrons. The molecule has 9 heteroatoms. The molecular formula is C13H16N8S. The van der Waals surface area contributed by atoms with Crippen LogP contribution in [-0.2, 0) is 6.54 Å². The predicted molar refractivity (Wildman–Crippen MR) is 82.9 cm³/mol. The monoisotopic (exact) mass is 316 g/mol. The number of rotatable bonds is 3. The van der Waals surface area contributed by atoms with Gasteiger partial charge in [0, 0.05) is 38.1 Å². The largest absolute Gasteiger partial charge is 0.353 e. The highest BCUT2D eigenvalue weighted by atomic mass is 32.1. The van der Waals surface area contributed by atoms with E-state index in [4.69, 9.17) is 0 Å². The first-order valence-electron chi connectivity index (χ1n) is 7.22. The first-order valence-corrected chi connectivity index (χ1v) is 8.10. The highest BCUT2D eigenvalue weighted by Gasteiger charge is 2.19. The zero-order valence-corrected chi connectivity index (χ0v) is 13.1. The fraction of sp³-hybridized carbons (Fsp3) is 0.462. The van der Waals surface area contributed by atoms with Crippen molar-refractivity contribution in [1.82, 2.24) is 35.1 Å². The van der Waals surface area contributed by atoms with Gasteiger partial charge in [-0.15, -0.1) is 26.2 Å². The molecule has 1 aliphatic heterocycles. The van der Waals surface area contributed by atoms with Crippen LogP contribution in [0.3, 0.4) is 0 Å². The van der Waals surface area contributed by atoms with Gasteiger partial charge in [0.25, 0.3) is 0 Å². The molecule has 3 aromatic heterocycles. The minimum atomic E-state index is 0.668. The highest BCUT2D eigenvalue weighted by Crippen LogP contribution is 2.16. The summed E-state index contributed by atoms with van der Waals surface area (Å²) < 4.78 is 1.47. The minimum absolute atomic E-state index is 0.668. The second kappa shape index (κ2) is 5.58. The summed E-state index contributed by atoms with van der Waals surface area (Å²) in [6.07, 6.45) is 0. The molecule has 0 unspecified atom stereocenters. The van der Waals surface area contributed by atoms with Gasteiger partial charge in [-0.25, -0.2) is 4.98 Å². The van der Waals surface area contributed by atoms with Gasteiger partial charge in [0.05, 0.1) is 10.7 Å². The van der Waals surface area contributed by atoms with Crippen molar-refractivity contribution >= 4 is 22.8 Å². The summed E-state index contributed by atoms with van der Waals surface area (Å²) in [5.74, 6) is 0.920. The first-order chi connectivity index (χ1) is 10.8. The van der Waals surface area contributed by atoms with E-state index in [9.17, 15) is 0 Å². The molecule has 0 radical (unpaired) electrons. The molecule has 1 saturated heterocycles. The maximum absolute atomic E-state index is 4.54. The second-order valence-corrected chi connectivity index (χ2v) is 6.40. The number of aromatic nitrogens is 6. The lowest BCUT2D eigenvalue weighted by Crippen LogP contribution is -2.46. The Bertz CT molecular complexity index is 773.